The van der Waals surface area contributed by atoms with E-state index in [2.05, 4.69) is 179 Å². The lowest BCUT2D eigenvalue weighted by atomic mass is 9.85. The number of halogens is 1. The predicted molar refractivity (Wildman–Crippen MR) is 225 cm³/mol. The van der Waals surface area contributed by atoms with Crippen LogP contribution in [0.4, 0.5) is 0 Å². The van der Waals surface area contributed by atoms with Gasteiger partial charge in [-0.15, -0.1) is 0 Å². The molecule has 0 unspecified atom stereocenters. The Bertz CT molecular complexity index is 2010. The van der Waals surface area contributed by atoms with Gasteiger partial charge >= 0.3 is 0 Å². The molecule has 264 valence electrons. The van der Waals surface area contributed by atoms with Crippen LogP contribution in [0.3, 0.4) is 0 Å². The average Bonchev–Trinajstić information content (AvgIpc) is 3.40. The first kappa shape index (κ1) is 36.9. The van der Waals surface area contributed by atoms with Gasteiger partial charge in [0, 0.05) is 5.54 Å². The van der Waals surface area contributed by atoms with Crippen molar-refractivity contribution in [2.24, 2.45) is 0 Å². The summed E-state index contributed by atoms with van der Waals surface area (Å²) in [6.45, 7) is 29.9. The van der Waals surface area contributed by atoms with Crippen molar-refractivity contribution in [3.8, 4) is 39.1 Å². The number of fused-ring (bicyclic) bond motifs is 3. The lowest BCUT2D eigenvalue weighted by Gasteiger charge is -2.35. The van der Waals surface area contributed by atoms with Crippen LogP contribution in [0.25, 0.3) is 33.4 Å². The van der Waals surface area contributed by atoms with E-state index in [-0.39, 0.29) is 21.8 Å². The van der Waals surface area contributed by atoms with Gasteiger partial charge in [0.1, 0.15) is 12.4 Å². The molecule has 0 atom stereocenters. The zero-order valence-electron chi connectivity index (χ0n) is 32.6. The van der Waals surface area contributed by atoms with Crippen LogP contribution in [-0.2, 0) is 16.2 Å². The standard InChI is InChI=1S/C48H55ClOSi/c1-13-24-50-44-42(49)29-37(48(8,9)10)30-43(44)51(11,12)45-40-27-33(31-16-14-18-35(25-31)46(2,3)4)20-22-38(40)39-23-21-34(28-41(39)45)32-17-15-19-36(26-32)47(5,6)7/h13-23,25-30,45H,1,24H2,2-12H3. The first-order valence-electron chi connectivity index (χ1n) is 18.4. The van der Waals surface area contributed by atoms with Gasteiger partial charge in [0.25, 0.3) is 0 Å². The van der Waals surface area contributed by atoms with Crippen LogP contribution >= 0.6 is 11.6 Å². The molecule has 0 aromatic heterocycles. The van der Waals surface area contributed by atoms with Gasteiger partial charge in [-0.25, -0.2) is 0 Å². The molecule has 0 saturated heterocycles. The quantitative estimate of drug-likeness (QED) is 0.121. The van der Waals surface area contributed by atoms with Crippen molar-refractivity contribution in [3.05, 3.63) is 143 Å². The van der Waals surface area contributed by atoms with Crippen molar-refractivity contribution in [3.63, 3.8) is 0 Å². The summed E-state index contributed by atoms with van der Waals surface area (Å²) in [5.74, 6) is 0.805. The Morgan fingerprint density at radius 1 is 0.608 bits per heavy atom. The van der Waals surface area contributed by atoms with Crippen LogP contribution in [0.1, 0.15) is 95.7 Å². The van der Waals surface area contributed by atoms with Crippen LogP contribution in [0.15, 0.2) is 110 Å². The van der Waals surface area contributed by atoms with Crippen molar-refractivity contribution in [1.29, 1.82) is 0 Å². The summed E-state index contributed by atoms with van der Waals surface area (Å²) >= 11 is 7.17. The number of benzene rings is 5. The van der Waals surface area contributed by atoms with Gasteiger partial charge in [0.2, 0.25) is 0 Å². The number of rotatable bonds is 7. The Morgan fingerprint density at radius 2 is 1.06 bits per heavy atom. The lowest BCUT2D eigenvalue weighted by Crippen LogP contribution is -2.49. The predicted octanol–water partition coefficient (Wildman–Crippen LogP) is 13.4. The molecule has 0 fully saturated rings. The van der Waals surface area contributed by atoms with E-state index in [9.17, 15) is 0 Å². The fourth-order valence-corrected chi connectivity index (χ4v) is 11.7. The van der Waals surface area contributed by atoms with E-state index in [1.165, 1.54) is 66.4 Å². The van der Waals surface area contributed by atoms with Gasteiger partial charge in [0.15, 0.2) is 0 Å². The first-order valence-corrected chi connectivity index (χ1v) is 21.8. The largest absolute Gasteiger partial charge is 0.488 e. The molecule has 51 heavy (non-hydrogen) atoms. The highest BCUT2D eigenvalue weighted by Crippen LogP contribution is 2.52. The minimum absolute atomic E-state index is 0.0676. The number of hydrogen-bond donors (Lipinski definition) is 0. The summed E-state index contributed by atoms with van der Waals surface area (Å²) in [5.41, 5.74) is 14.6. The molecule has 0 aliphatic heterocycles. The van der Waals surface area contributed by atoms with Crippen LogP contribution < -0.4 is 9.92 Å². The molecule has 6 rings (SSSR count). The summed E-state index contributed by atoms with van der Waals surface area (Å²) in [6.07, 6.45) is 1.81. The zero-order chi connectivity index (χ0) is 37.1. The number of hydrogen-bond acceptors (Lipinski definition) is 1. The Morgan fingerprint density at radius 3 is 1.49 bits per heavy atom. The van der Waals surface area contributed by atoms with Gasteiger partial charge in [-0.1, -0.05) is 191 Å². The molecule has 1 aliphatic rings. The van der Waals surface area contributed by atoms with E-state index >= 15 is 0 Å². The highest BCUT2D eigenvalue weighted by molar-refractivity contribution is 6.92. The summed E-state index contributed by atoms with van der Waals surface area (Å²) in [4.78, 5) is 0. The van der Waals surface area contributed by atoms with E-state index in [0.717, 1.165) is 5.75 Å². The van der Waals surface area contributed by atoms with Gasteiger partial charge in [-0.05, 0) is 88.7 Å². The Balaban J connectivity index is 1.61. The topological polar surface area (TPSA) is 9.23 Å². The monoisotopic (exact) mass is 710 g/mol. The van der Waals surface area contributed by atoms with Gasteiger partial charge in [0.05, 0.1) is 13.1 Å². The van der Waals surface area contributed by atoms with Crippen LogP contribution in [0, 0.1) is 0 Å². The van der Waals surface area contributed by atoms with E-state index in [1.54, 1.807) is 0 Å². The third kappa shape index (κ3) is 7.15. The number of ether oxygens (including phenoxy) is 1. The summed E-state index contributed by atoms with van der Waals surface area (Å²) in [7, 11) is -2.46. The van der Waals surface area contributed by atoms with E-state index in [0.29, 0.717) is 11.6 Å². The summed E-state index contributed by atoms with van der Waals surface area (Å²) in [5, 5.41) is 1.93. The van der Waals surface area contributed by atoms with Gasteiger partial charge < -0.3 is 4.74 Å². The molecule has 0 N–H and O–H groups in total. The highest BCUT2D eigenvalue weighted by Gasteiger charge is 2.45. The maximum atomic E-state index is 7.17. The third-order valence-corrected chi connectivity index (χ3v) is 14.9. The smallest absolute Gasteiger partial charge is 0.137 e. The molecular weight excluding hydrogens is 656 g/mol. The van der Waals surface area contributed by atoms with Crippen molar-refractivity contribution in [2.45, 2.75) is 97.2 Å². The summed E-state index contributed by atoms with van der Waals surface area (Å²) in [6, 6.07) is 37.0. The normalized spacial score (nSPS) is 13.6. The highest BCUT2D eigenvalue weighted by atomic mass is 35.5. The molecule has 0 radical (unpaired) electrons. The third-order valence-electron chi connectivity index (χ3n) is 10.8. The molecular formula is C48H55ClOSi. The van der Waals surface area contributed by atoms with Crippen LogP contribution in [-0.4, -0.2) is 14.7 Å². The molecule has 0 spiro atoms. The van der Waals surface area contributed by atoms with Gasteiger partial charge in [-0.3, -0.25) is 0 Å². The fourth-order valence-electron chi connectivity index (χ4n) is 7.68. The molecule has 1 nitrogen and oxygen atoms in total. The molecule has 0 saturated carbocycles. The maximum absolute atomic E-state index is 7.17. The lowest BCUT2D eigenvalue weighted by molar-refractivity contribution is 0.366. The Hall–Kier alpha value is -3.85. The van der Waals surface area contributed by atoms with Crippen molar-refractivity contribution >= 4 is 24.9 Å². The molecule has 1 aliphatic carbocycles. The van der Waals surface area contributed by atoms with Crippen molar-refractivity contribution in [1.82, 2.24) is 0 Å². The Kier molecular flexibility index (Phi) is 9.62. The molecule has 5 aromatic rings. The van der Waals surface area contributed by atoms with E-state index in [4.69, 9.17) is 16.3 Å². The molecule has 0 heterocycles. The SMILES string of the molecule is C=CCOc1c(Cl)cc(C(C)(C)C)cc1[Si](C)(C)C1c2cc(-c3cccc(C(C)(C)C)c3)ccc2-c2ccc(-c3cccc(C(C)(C)C)c3)cc21. The minimum Gasteiger partial charge on any atom is -0.488 e. The zero-order valence-corrected chi connectivity index (χ0v) is 34.3. The second-order valence-electron chi connectivity index (χ2n) is 18.1. The van der Waals surface area contributed by atoms with Crippen LogP contribution in [0.2, 0.25) is 18.1 Å². The molecule has 5 aromatic carbocycles. The second-order valence-corrected chi connectivity index (χ2v) is 23.1. The average molecular weight is 712 g/mol. The van der Waals surface area contributed by atoms with Crippen molar-refractivity contribution in [2.75, 3.05) is 6.61 Å². The molecule has 3 heteroatoms. The van der Waals surface area contributed by atoms with E-state index in [1.807, 2.05) is 6.08 Å². The molecule has 0 bridgehead atoms. The summed E-state index contributed by atoms with van der Waals surface area (Å²) < 4.78 is 6.47. The first-order chi connectivity index (χ1) is 23.8. The molecule has 0 amide bonds. The van der Waals surface area contributed by atoms with Crippen molar-refractivity contribution < 1.29 is 4.74 Å². The Labute approximate surface area is 313 Å². The minimum atomic E-state index is -2.46. The second kappa shape index (κ2) is 13.3. The fraction of sp³-hybridized carbons (Fsp3) is 0.333. The van der Waals surface area contributed by atoms with Gasteiger partial charge in [-0.2, -0.15) is 0 Å². The van der Waals surface area contributed by atoms with E-state index < -0.39 is 8.07 Å². The van der Waals surface area contributed by atoms with Crippen LogP contribution in [0.5, 0.6) is 5.75 Å². The maximum Gasteiger partial charge on any atom is 0.137 e.